The number of hydrogen-bond donors (Lipinski definition) is 2. The fraction of sp³-hybridized carbons (Fsp3) is 0.235. The van der Waals surface area contributed by atoms with E-state index in [2.05, 4.69) is 20.6 Å². The first kappa shape index (κ1) is 19.2. The predicted molar refractivity (Wildman–Crippen MR) is 97.4 cm³/mol. The lowest BCUT2D eigenvalue weighted by Crippen LogP contribution is -2.49. The third-order valence-corrected chi connectivity index (χ3v) is 6.01. The minimum absolute atomic E-state index is 0.0362. The monoisotopic (exact) mass is 400 g/mol. The lowest BCUT2D eigenvalue weighted by atomic mass is 10.2. The molecule has 1 aromatic heterocycles. The van der Waals surface area contributed by atoms with E-state index in [0.717, 1.165) is 0 Å². The summed E-state index contributed by atoms with van der Waals surface area (Å²) < 4.78 is 26.1. The molecule has 0 bridgehead atoms. The largest absolute Gasteiger partial charge is 0.345 e. The van der Waals surface area contributed by atoms with Crippen LogP contribution in [0.25, 0.3) is 0 Å². The molecule has 1 aliphatic rings. The van der Waals surface area contributed by atoms with Crippen LogP contribution in [-0.4, -0.2) is 41.2 Å². The SMILES string of the molecule is Cc1cccc2c1S(=O)(=O)N(CC(=O)N[C@H](C)c1ncc(C#N)cn1)C(=O)N2. The molecule has 28 heavy (non-hydrogen) atoms. The number of urea groups is 1. The molecule has 10 nitrogen and oxygen atoms in total. The zero-order valence-corrected chi connectivity index (χ0v) is 15.8. The van der Waals surface area contributed by atoms with Gasteiger partial charge < -0.3 is 10.6 Å². The number of aromatic nitrogens is 2. The van der Waals surface area contributed by atoms with Gasteiger partial charge in [0.25, 0.3) is 10.0 Å². The van der Waals surface area contributed by atoms with E-state index in [0.29, 0.717) is 9.87 Å². The second kappa shape index (κ2) is 7.24. The van der Waals surface area contributed by atoms with Crippen LogP contribution < -0.4 is 10.6 Å². The highest BCUT2D eigenvalue weighted by Crippen LogP contribution is 2.32. The van der Waals surface area contributed by atoms with Gasteiger partial charge in [-0.2, -0.15) is 5.26 Å². The highest BCUT2D eigenvalue weighted by Gasteiger charge is 2.39. The van der Waals surface area contributed by atoms with Crippen LogP contribution in [0.3, 0.4) is 0 Å². The Morgan fingerprint density at radius 1 is 1.36 bits per heavy atom. The molecule has 144 valence electrons. The Hall–Kier alpha value is -3.52. The number of hydrogen-bond acceptors (Lipinski definition) is 7. The Bertz CT molecular complexity index is 1090. The van der Waals surface area contributed by atoms with Crippen molar-refractivity contribution in [2.45, 2.75) is 24.8 Å². The standard InChI is InChI=1S/C17H16N6O4S/c1-10-4-3-5-13-15(10)28(26,27)23(17(25)22-13)9-14(24)21-11(2)16-19-7-12(6-18)8-20-16/h3-5,7-8,11H,9H2,1-2H3,(H,21,24)(H,22,25)/t11-/m1/s1. The number of fused-ring (bicyclic) bond motifs is 1. The Labute approximate surface area is 161 Å². The van der Waals surface area contributed by atoms with Crippen molar-refractivity contribution in [2.24, 2.45) is 0 Å². The first-order valence-electron chi connectivity index (χ1n) is 8.18. The minimum atomic E-state index is -4.17. The molecule has 2 N–H and O–H groups in total. The van der Waals surface area contributed by atoms with Crippen LogP contribution in [0.5, 0.6) is 0 Å². The molecule has 0 saturated carbocycles. The molecule has 0 fully saturated rings. The molecule has 2 aromatic rings. The van der Waals surface area contributed by atoms with E-state index in [-0.39, 0.29) is 22.0 Å². The van der Waals surface area contributed by atoms with E-state index in [9.17, 15) is 18.0 Å². The molecule has 0 saturated heterocycles. The molecule has 11 heteroatoms. The van der Waals surface area contributed by atoms with E-state index in [1.165, 1.54) is 18.5 Å². The van der Waals surface area contributed by atoms with Gasteiger partial charge in [-0.1, -0.05) is 12.1 Å². The average molecular weight is 400 g/mol. The quantitative estimate of drug-likeness (QED) is 0.780. The second-order valence-corrected chi connectivity index (χ2v) is 7.92. The van der Waals surface area contributed by atoms with Crippen molar-refractivity contribution in [1.29, 1.82) is 5.26 Å². The number of benzene rings is 1. The summed E-state index contributed by atoms with van der Waals surface area (Å²) in [5, 5.41) is 13.8. The number of nitrogens with zero attached hydrogens (tertiary/aromatic N) is 4. The lowest BCUT2D eigenvalue weighted by Gasteiger charge is -2.29. The van der Waals surface area contributed by atoms with Crippen LogP contribution in [0.15, 0.2) is 35.5 Å². The third-order valence-electron chi connectivity index (χ3n) is 4.08. The average Bonchev–Trinajstić information content (AvgIpc) is 2.64. The van der Waals surface area contributed by atoms with Gasteiger partial charge in [0.05, 0.1) is 17.3 Å². The number of aryl methyl sites for hydroxylation is 1. The molecule has 3 rings (SSSR count). The maximum absolute atomic E-state index is 12.8. The number of carbonyl (C=O) groups excluding carboxylic acids is 2. The van der Waals surface area contributed by atoms with Crippen LogP contribution in [0.1, 0.15) is 29.9 Å². The zero-order chi connectivity index (χ0) is 20.5. The third kappa shape index (κ3) is 3.49. The first-order chi connectivity index (χ1) is 13.2. The molecule has 0 radical (unpaired) electrons. The molecule has 0 spiro atoms. The van der Waals surface area contributed by atoms with E-state index >= 15 is 0 Å². The first-order valence-corrected chi connectivity index (χ1v) is 9.63. The van der Waals surface area contributed by atoms with Crippen molar-refractivity contribution in [1.82, 2.24) is 19.6 Å². The molecular formula is C17H16N6O4S. The van der Waals surface area contributed by atoms with Crippen molar-refractivity contribution in [2.75, 3.05) is 11.9 Å². The van der Waals surface area contributed by atoms with Crippen molar-refractivity contribution >= 4 is 27.6 Å². The van der Waals surface area contributed by atoms with Crippen molar-refractivity contribution < 1.29 is 18.0 Å². The van der Waals surface area contributed by atoms with Gasteiger partial charge in [0.15, 0.2) is 0 Å². The summed E-state index contributed by atoms with van der Waals surface area (Å²) in [7, 11) is -4.17. The topological polar surface area (TPSA) is 145 Å². The number of sulfonamides is 1. The number of rotatable bonds is 4. The van der Waals surface area contributed by atoms with Crippen molar-refractivity contribution in [3.63, 3.8) is 0 Å². The van der Waals surface area contributed by atoms with E-state index in [4.69, 9.17) is 5.26 Å². The highest BCUT2D eigenvalue weighted by molar-refractivity contribution is 7.90. The molecule has 0 unspecified atom stereocenters. The Morgan fingerprint density at radius 2 is 2.04 bits per heavy atom. The van der Waals surface area contributed by atoms with Gasteiger partial charge >= 0.3 is 6.03 Å². The number of anilines is 1. The van der Waals surface area contributed by atoms with Crippen LogP contribution in [-0.2, 0) is 14.8 Å². The van der Waals surface area contributed by atoms with Crippen LogP contribution >= 0.6 is 0 Å². The fourth-order valence-corrected chi connectivity index (χ4v) is 4.39. The van der Waals surface area contributed by atoms with E-state index in [1.54, 1.807) is 26.0 Å². The maximum atomic E-state index is 12.8. The predicted octanol–water partition coefficient (Wildman–Crippen LogP) is 1.07. The molecule has 0 aliphatic carbocycles. The van der Waals surface area contributed by atoms with E-state index < -0.39 is 34.5 Å². The summed E-state index contributed by atoms with van der Waals surface area (Å²) >= 11 is 0. The highest BCUT2D eigenvalue weighted by atomic mass is 32.2. The van der Waals surface area contributed by atoms with Gasteiger partial charge in [-0.3, -0.25) is 4.79 Å². The number of carbonyl (C=O) groups is 2. The van der Waals surface area contributed by atoms with Crippen LogP contribution in [0.4, 0.5) is 10.5 Å². The Morgan fingerprint density at radius 3 is 2.68 bits per heavy atom. The van der Waals surface area contributed by atoms with Gasteiger partial charge in [-0.05, 0) is 25.5 Å². The Balaban J connectivity index is 1.77. The molecular weight excluding hydrogens is 384 g/mol. The molecule has 1 atom stereocenters. The van der Waals surface area contributed by atoms with Crippen LogP contribution in [0.2, 0.25) is 0 Å². The van der Waals surface area contributed by atoms with E-state index in [1.807, 2.05) is 6.07 Å². The maximum Gasteiger partial charge on any atom is 0.336 e. The summed E-state index contributed by atoms with van der Waals surface area (Å²) in [6.45, 7) is 2.52. The second-order valence-electron chi connectivity index (χ2n) is 6.12. The summed E-state index contributed by atoms with van der Waals surface area (Å²) in [6, 6.07) is 5.05. The molecule has 2 heterocycles. The van der Waals surface area contributed by atoms with Crippen LogP contribution in [0, 0.1) is 18.3 Å². The van der Waals surface area contributed by atoms with Gasteiger partial charge in [0.1, 0.15) is 23.3 Å². The smallest absolute Gasteiger partial charge is 0.336 e. The number of nitriles is 1. The Kier molecular flexibility index (Phi) is 4.98. The summed E-state index contributed by atoms with van der Waals surface area (Å²) in [6.07, 6.45) is 2.63. The lowest BCUT2D eigenvalue weighted by molar-refractivity contribution is -0.121. The molecule has 1 aliphatic heterocycles. The normalized spacial score (nSPS) is 15.8. The fourth-order valence-electron chi connectivity index (χ4n) is 2.75. The minimum Gasteiger partial charge on any atom is -0.345 e. The van der Waals surface area contributed by atoms with Crippen molar-refractivity contribution in [3.05, 3.63) is 47.5 Å². The van der Waals surface area contributed by atoms with Gasteiger partial charge in [0, 0.05) is 12.4 Å². The van der Waals surface area contributed by atoms with Gasteiger partial charge in [0.2, 0.25) is 5.91 Å². The number of amides is 3. The zero-order valence-electron chi connectivity index (χ0n) is 15.0. The van der Waals surface area contributed by atoms with Crippen molar-refractivity contribution in [3.8, 4) is 6.07 Å². The summed E-state index contributed by atoms with van der Waals surface area (Å²) in [4.78, 5) is 32.5. The number of nitrogens with one attached hydrogen (secondary N) is 2. The van der Waals surface area contributed by atoms with Gasteiger partial charge in [-0.15, -0.1) is 0 Å². The summed E-state index contributed by atoms with van der Waals surface area (Å²) in [5.74, 6) is -0.448. The van der Waals surface area contributed by atoms with Gasteiger partial charge in [-0.25, -0.2) is 27.5 Å². The summed E-state index contributed by atoms with van der Waals surface area (Å²) in [5.41, 5.74) is 0.913. The molecule has 1 aromatic carbocycles. The molecule has 3 amide bonds.